The van der Waals surface area contributed by atoms with Crippen LogP contribution in [0.15, 0.2) is 24.3 Å². The van der Waals surface area contributed by atoms with Gasteiger partial charge in [0.05, 0.1) is 24.3 Å². The number of benzene rings is 1. The van der Waals surface area contributed by atoms with Gasteiger partial charge < -0.3 is 10.6 Å². The minimum atomic E-state index is -0.629. The van der Waals surface area contributed by atoms with Gasteiger partial charge in [-0.05, 0) is 17.5 Å². The summed E-state index contributed by atoms with van der Waals surface area (Å²) < 4.78 is 15.3. The van der Waals surface area contributed by atoms with E-state index in [1.54, 1.807) is 21.7 Å². The van der Waals surface area contributed by atoms with Crippen LogP contribution in [0.1, 0.15) is 43.2 Å². The molecular weight excluding hydrogens is 335 g/mol. The van der Waals surface area contributed by atoms with E-state index >= 15 is 0 Å². The average molecular weight is 358 g/mol. The van der Waals surface area contributed by atoms with E-state index < -0.39 is 11.7 Å². The first-order valence-electron chi connectivity index (χ1n) is 8.59. The Labute approximate surface area is 151 Å². The number of nitrogens with two attached hydrogens (primary N) is 1. The molecule has 2 aromatic rings. The molecule has 6 nitrogen and oxygen atoms in total. The number of nitrogens with zero attached hydrogens (tertiary/aromatic N) is 3. The fourth-order valence-electron chi connectivity index (χ4n) is 3.19. The number of aromatic nitrogens is 2. The van der Waals surface area contributed by atoms with Crippen LogP contribution in [0.3, 0.4) is 0 Å². The van der Waals surface area contributed by atoms with Gasteiger partial charge in [-0.1, -0.05) is 32.9 Å². The van der Waals surface area contributed by atoms with E-state index in [1.165, 1.54) is 12.1 Å². The lowest BCUT2D eigenvalue weighted by Crippen LogP contribution is -2.40. The predicted molar refractivity (Wildman–Crippen MR) is 95.6 cm³/mol. The second-order valence-electron chi connectivity index (χ2n) is 7.82. The van der Waals surface area contributed by atoms with Crippen molar-refractivity contribution >= 4 is 11.8 Å². The van der Waals surface area contributed by atoms with Crippen LogP contribution in [0.4, 0.5) is 4.39 Å². The fraction of sp³-hybridized carbons (Fsp3) is 0.421. The number of amides is 2. The van der Waals surface area contributed by atoms with Crippen molar-refractivity contribution in [2.45, 2.75) is 40.3 Å². The van der Waals surface area contributed by atoms with E-state index in [0.29, 0.717) is 36.5 Å². The predicted octanol–water partition coefficient (Wildman–Crippen LogP) is 2.57. The van der Waals surface area contributed by atoms with Gasteiger partial charge in [0.25, 0.3) is 5.91 Å². The standard InChI is InChI=1S/C19H23FN4O2/c1-19(2,3)10-15(25)23-7-8-24-14(11-23)16(18(21)26)17(22-24)12-5-4-6-13(20)9-12/h4-6,9H,7-8,10-11H2,1-3H3,(H2,21,26). The van der Waals surface area contributed by atoms with Crippen molar-refractivity contribution in [2.24, 2.45) is 11.1 Å². The van der Waals surface area contributed by atoms with Crippen molar-refractivity contribution in [1.29, 1.82) is 0 Å². The second kappa shape index (κ2) is 6.55. The molecule has 26 heavy (non-hydrogen) atoms. The van der Waals surface area contributed by atoms with Gasteiger partial charge in [-0.25, -0.2) is 4.39 Å². The molecule has 3 rings (SSSR count). The van der Waals surface area contributed by atoms with Crippen molar-refractivity contribution < 1.29 is 14.0 Å². The van der Waals surface area contributed by atoms with Crippen molar-refractivity contribution in [2.75, 3.05) is 6.54 Å². The molecule has 0 fully saturated rings. The van der Waals surface area contributed by atoms with Crippen LogP contribution < -0.4 is 5.73 Å². The SMILES string of the molecule is CC(C)(C)CC(=O)N1CCn2nc(-c3cccc(F)c3)c(C(N)=O)c2C1. The summed E-state index contributed by atoms with van der Waals surface area (Å²) in [7, 11) is 0. The number of hydrogen-bond donors (Lipinski definition) is 1. The summed E-state index contributed by atoms with van der Waals surface area (Å²) >= 11 is 0. The molecule has 0 bridgehead atoms. The molecular formula is C19H23FN4O2. The number of primary amides is 1. The van der Waals surface area contributed by atoms with E-state index in [1.807, 2.05) is 20.8 Å². The molecule has 1 aromatic heterocycles. The third-order valence-electron chi connectivity index (χ3n) is 4.36. The highest BCUT2D eigenvalue weighted by atomic mass is 19.1. The molecule has 0 aliphatic carbocycles. The molecule has 0 radical (unpaired) electrons. The van der Waals surface area contributed by atoms with Crippen molar-refractivity contribution in [3.05, 3.63) is 41.3 Å². The van der Waals surface area contributed by atoms with Gasteiger partial charge in [-0.2, -0.15) is 5.10 Å². The Hall–Kier alpha value is -2.70. The molecule has 2 amide bonds. The smallest absolute Gasteiger partial charge is 0.252 e. The number of carbonyl (C=O) groups is 2. The Bertz CT molecular complexity index is 867. The van der Waals surface area contributed by atoms with Crippen LogP contribution in [0.25, 0.3) is 11.3 Å². The summed E-state index contributed by atoms with van der Waals surface area (Å²) in [5, 5.41) is 4.46. The van der Waals surface area contributed by atoms with Crippen molar-refractivity contribution in [3.63, 3.8) is 0 Å². The summed E-state index contributed by atoms with van der Waals surface area (Å²) in [6, 6.07) is 5.90. The fourth-order valence-corrected chi connectivity index (χ4v) is 3.19. The Kier molecular flexibility index (Phi) is 4.56. The number of halogens is 1. The third-order valence-corrected chi connectivity index (χ3v) is 4.36. The Morgan fingerprint density at radius 3 is 2.62 bits per heavy atom. The molecule has 1 aliphatic rings. The average Bonchev–Trinajstić information content (AvgIpc) is 2.91. The lowest BCUT2D eigenvalue weighted by atomic mass is 9.91. The maximum Gasteiger partial charge on any atom is 0.252 e. The molecule has 1 aliphatic heterocycles. The number of rotatable bonds is 3. The molecule has 7 heteroatoms. The van der Waals surface area contributed by atoms with Gasteiger partial charge in [0, 0.05) is 18.5 Å². The normalized spacial score (nSPS) is 14.2. The number of carbonyl (C=O) groups excluding carboxylic acids is 2. The first-order valence-corrected chi connectivity index (χ1v) is 8.59. The number of hydrogen-bond acceptors (Lipinski definition) is 3. The maximum atomic E-state index is 13.6. The van der Waals surface area contributed by atoms with Crippen LogP contribution in [0.5, 0.6) is 0 Å². The minimum absolute atomic E-state index is 0.0349. The second-order valence-corrected chi connectivity index (χ2v) is 7.82. The summed E-state index contributed by atoms with van der Waals surface area (Å²) in [5.74, 6) is -1.01. The molecule has 1 aromatic carbocycles. The van der Waals surface area contributed by atoms with E-state index in [9.17, 15) is 14.0 Å². The van der Waals surface area contributed by atoms with Gasteiger partial charge in [0.2, 0.25) is 5.91 Å². The summed E-state index contributed by atoms with van der Waals surface area (Å²) in [6.45, 7) is 7.29. The Balaban J connectivity index is 1.98. The van der Waals surface area contributed by atoms with E-state index in [4.69, 9.17) is 5.73 Å². The quantitative estimate of drug-likeness (QED) is 0.915. The molecule has 0 atom stereocenters. The molecule has 0 saturated carbocycles. The highest BCUT2D eigenvalue weighted by molar-refractivity contribution is 6.00. The van der Waals surface area contributed by atoms with E-state index in [2.05, 4.69) is 5.10 Å². The van der Waals surface area contributed by atoms with Crippen molar-refractivity contribution in [1.82, 2.24) is 14.7 Å². The van der Waals surface area contributed by atoms with Crippen LogP contribution in [0, 0.1) is 11.2 Å². The third kappa shape index (κ3) is 3.61. The lowest BCUT2D eigenvalue weighted by molar-refractivity contribution is -0.134. The highest BCUT2D eigenvalue weighted by Gasteiger charge is 2.30. The van der Waals surface area contributed by atoms with Crippen LogP contribution >= 0.6 is 0 Å². The van der Waals surface area contributed by atoms with E-state index in [-0.39, 0.29) is 23.4 Å². The topological polar surface area (TPSA) is 81.2 Å². The molecule has 138 valence electrons. The van der Waals surface area contributed by atoms with Gasteiger partial charge in [0.1, 0.15) is 11.5 Å². The van der Waals surface area contributed by atoms with Crippen LogP contribution in [-0.2, 0) is 17.9 Å². The van der Waals surface area contributed by atoms with Crippen molar-refractivity contribution in [3.8, 4) is 11.3 Å². The van der Waals surface area contributed by atoms with E-state index in [0.717, 1.165) is 0 Å². The van der Waals surface area contributed by atoms with Gasteiger partial charge >= 0.3 is 0 Å². The first kappa shape index (κ1) is 18.1. The Morgan fingerprint density at radius 2 is 2.00 bits per heavy atom. The highest BCUT2D eigenvalue weighted by Crippen LogP contribution is 2.29. The molecule has 0 unspecified atom stereocenters. The number of fused-ring (bicyclic) bond motifs is 1. The zero-order valence-electron chi connectivity index (χ0n) is 15.3. The largest absolute Gasteiger partial charge is 0.365 e. The molecule has 2 heterocycles. The minimum Gasteiger partial charge on any atom is -0.365 e. The van der Waals surface area contributed by atoms with Gasteiger partial charge in [-0.3, -0.25) is 14.3 Å². The summed E-state index contributed by atoms with van der Waals surface area (Å²) in [5.41, 5.74) is 7.18. The zero-order valence-corrected chi connectivity index (χ0v) is 15.3. The Morgan fingerprint density at radius 1 is 1.27 bits per heavy atom. The van der Waals surface area contributed by atoms with Crippen LogP contribution in [0.2, 0.25) is 0 Å². The monoisotopic (exact) mass is 358 g/mol. The van der Waals surface area contributed by atoms with Crippen LogP contribution in [-0.4, -0.2) is 33.0 Å². The lowest BCUT2D eigenvalue weighted by Gasteiger charge is -2.30. The van der Waals surface area contributed by atoms with Gasteiger partial charge in [0.15, 0.2) is 0 Å². The zero-order chi connectivity index (χ0) is 19.1. The summed E-state index contributed by atoms with van der Waals surface area (Å²) in [6.07, 6.45) is 0.420. The maximum absolute atomic E-state index is 13.6. The van der Waals surface area contributed by atoms with Gasteiger partial charge in [-0.15, -0.1) is 0 Å². The summed E-state index contributed by atoms with van der Waals surface area (Å²) in [4.78, 5) is 26.4. The first-order chi connectivity index (χ1) is 12.2. The molecule has 0 spiro atoms. The molecule has 0 saturated heterocycles. The molecule has 2 N–H and O–H groups in total.